The Bertz CT molecular complexity index is 607. The lowest BCUT2D eigenvalue weighted by molar-refractivity contribution is 0.296. The van der Waals surface area contributed by atoms with E-state index in [4.69, 9.17) is 10.2 Å². The molecule has 0 aliphatic carbocycles. The number of aliphatic hydroxyl groups excluding tert-OH is 1. The number of benzene rings is 1. The molecule has 0 saturated carbocycles. The van der Waals surface area contributed by atoms with Crippen molar-refractivity contribution in [2.24, 2.45) is 5.14 Å². The third-order valence-corrected chi connectivity index (χ3v) is 6.72. The van der Waals surface area contributed by atoms with Crippen LogP contribution in [0.3, 0.4) is 0 Å². The van der Waals surface area contributed by atoms with Crippen LogP contribution in [-0.4, -0.2) is 39.4 Å². The minimum Gasteiger partial charge on any atom is -0.396 e. The average molecular weight is 325 g/mol. The van der Waals surface area contributed by atoms with Gasteiger partial charge in [0, 0.05) is 17.3 Å². The Labute approximate surface area is 117 Å². The summed E-state index contributed by atoms with van der Waals surface area (Å²) in [5.41, 5.74) is 0. The number of hydrogen-bond donors (Lipinski definition) is 2. The van der Waals surface area contributed by atoms with Gasteiger partial charge in [0.1, 0.15) is 0 Å². The number of aliphatic hydroxyl groups is 1. The molecule has 0 unspecified atom stereocenters. The molecule has 19 heavy (non-hydrogen) atoms. The average Bonchev–Trinajstić information content (AvgIpc) is 2.27. The molecule has 9 heteroatoms. The van der Waals surface area contributed by atoms with Gasteiger partial charge in [0.15, 0.2) is 14.9 Å². The maximum Gasteiger partial charge on any atom is 0.223 e. The second kappa shape index (κ2) is 6.71. The van der Waals surface area contributed by atoms with Crippen molar-refractivity contribution >= 4 is 31.6 Å². The van der Waals surface area contributed by atoms with E-state index in [9.17, 15) is 16.8 Å². The highest BCUT2D eigenvalue weighted by Gasteiger charge is 2.21. The molecule has 1 rings (SSSR count). The maximum absolute atomic E-state index is 11.7. The standard InChI is InChI=1S/C10H15NO5S3/c11-19(15,16)8-18(13,14)10-4-2-9(3-5-10)17-7-1-6-12/h2-5,12H,1,6-8H2,(H2,11,15,16). The normalized spacial score (nSPS) is 12.5. The summed E-state index contributed by atoms with van der Waals surface area (Å²) in [6.07, 6.45) is 0.649. The van der Waals surface area contributed by atoms with Crippen LogP contribution in [0, 0.1) is 0 Å². The third-order valence-electron chi connectivity index (χ3n) is 2.07. The van der Waals surface area contributed by atoms with Crippen LogP contribution in [-0.2, 0) is 19.9 Å². The Morgan fingerprint density at radius 3 is 2.16 bits per heavy atom. The molecule has 0 heterocycles. The molecule has 0 radical (unpaired) electrons. The van der Waals surface area contributed by atoms with Gasteiger partial charge in [-0.1, -0.05) is 0 Å². The van der Waals surface area contributed by atoms with Gasteiger partial charge >= 0.3 is 0 Å². The number of thioether (sulfide) groups is 1. The molecule has 1 aromatic carbocycles. The maximum atomic E-state index is 11.7. The Morgan fingerprint density at radius 2 is 1.68 bits per heavy atom. The first-order valence-corrected chi connectivity index (χ1v) is 9.67. The van der Waals surface area contributed by atoms with Gasteiger partial charge in [-0.05, 0) is 30.7 Å². The van der Waals surface area contributed by atoms with E-state index < -0.39 is 24.9 Å². The third kappa shape index (κ3) is 5.91. The van der Waals surface area contributed by atoms with Crippen LogP contribution >= 0.6 is 11.8 Å². The van der Waals surface area contributed by atoms with Gasteiger partial charge in [0.2, 0.25) is 10.0 Å². The van der Waals surface area contributed by atoms with Crippen molar-refractivity contribution in [2.75, 3.05) is 17.4 Å². The second-order valence-corrected chi connectivity index (χ2v) is 8.93. The SMILES string of the molecule is NS(=O)(=O)CS(=O)(=O)c1ccc(SCCCO)cc1. The topological polar surface area (TPSA) is 115 Å². The number of sulfone groups is 1. The van der Waals surface area contributed by atoms with E-state index >= 15 is 0 Å². The predicted molar refractivity (Wildman–Crippen MR) is 74.0 cm³/mol. The van der Waals surface area contributed by atoms with Gasteiger partial charge in [-0.25, -0.2) is 22.0 Å². The van der Waals surface area contributed by atoms with E-state index in [1.165, 1.54) is 23.9 Å². The van der Waals surface area contributed by atoms with Crippen molar-refractivity contribution < 1.29 is 21.9 Å². The van der Waals surface area contributed by atoms with Crippen LogP contribution in [0.15, 0.2) is 34.1 Å². The smallest absolute Gasteiger partial charge is 0.223 e. The fraction of sp³-hybridized carbons (Fsp3) is 0.400. The lowest BCUT2D eigenvalue weighted by atomic mass is 10.4. The van der Waals surface area contributed by atoms with Crippen LogP contribution in [0.2, 0.25) is 0 Å². The van der Waals surface area contributed by atoms with Gasteiger partial charge in [-0.15, -0.1) is 11.8 Å². The molecule has 0 bridgehead atoms. The highest BCUT2D eigenvalue weighted by molar-refractivity contribution is 8.07. The Kier molecular flexibility index (Phi) is 5.81. The molecule has 0 aliphatic heterocycles. The van der Waals surface area contributed by atoms with Crippen molar-refractivity contribution in [3.63, 3.8) is 0 Å². The molecule has 3 N–H and O–H groups in total. The molecular weight excluding hydrogens is 310 g/mol. The quantitative estimate of drug-likeness (QED) is 0.546. The molecule has 6 nitrogen and oxygen atoms in total. The molecule has 0 aliphatic rings. The van der Waals surface area contributed by atoms with E-state index in [1.54, 1.807) is 12.1 Å². The largest absolute Gasteiger partial charge is 0.396 e. The number of nitrogens with two attached hydrogens (primary N) is 1. The number of rotatable bonds is 7. The molecule has 0 saturated heterocycles. The number of sulfonamides is 1. The molecule has 0 spiro atoms. The summed E-state index contributed by atoms with van der Waals surface area (Å²) in [5, 5.41) is 12.3. The first kappa shape index (κ1) is 16.4. The summed E-state index contributed by atoms with van der Waals surface area (Å²) in [4.78, 5) is 0.774. The van der Waals surface area contributed by atoms with E-state index in [-0.39, 0.29) is 11.5 Å². The monoisotopic (exact) mass is 325 g/mol. The van der Waals surface area contributed by atoms with Gasteiger partial charge in [-0.2, -0.15) is 0 Å². The van der Waals surface area contributed by atoms with Crippen molar-refractivity contribution in [2.45, 2.75) is 16.2 Å². The molecular formula is C10H15NO5S3. The van der Waals surface area contributed by atoms with Crippen LogP contribution in [0.5, 0.6) is 0 Å². The van der Waals surface area contributed by atoms with Crippen LogP contribution < -0.4 is 5.14 Å². The fourth-order valence-corrected chi connectivity index (χ4v) is 4.94. The highest BCUT2D eigenvalue weighted by Crippen LogP contribution is 2.21. The molecule has 0 atom stereocenters. The second-order valence-electron chi connectivity index (χ2n) is 3.79. The highest BCUT2D eigenvalue weighted by atomic mass is 32.3. The Balaban J connectivity index is 2.81. The zero-order valence-corrected chi connectivity index (χ0v) is 12.5. The van der Waals surface area contributed by atoms with Crippen LogP contribution in [0.1, 0.15) is 6.42 Å². The van der Waals surface area contributed by atoms with Gasteiger partial charge in [0.05, 0.1) is 4.90 Å². The Morgan fingerprint density at radius 1 is 1.11 bits per heavy atom. The molecule has 0 fully saturated rings. The molecule has 0 amide bonds. The summed E-state index contributed by atoms with van der Waals surface area (Å²) in [7, 11) is -8.00. The predicted octanol–water partition coefficient (Wildman–Crippen LogP) is 0.181. The zero-order chi connectivity index (χ0) is 14.5. The zero-order valence-electron chi connectivity index (χ0n) is 10.0. The van der Waals surface area contributed by atoms with Crippen molar-refractivity contribution in [3.8, 4) is 0 Å². The van der Waals surface area contributed by atoms with E-state index in [0.29, 0.717) is 6.42 Å². The van der Waals surface area contributed by atoms with Gasteiger partial charge in [0.25, 0.3) is 0 Å². The first-order chi connectivity index (χ1) is 8.74. The number of hydrogen-bond acceptors (Lipinski definition) is 6. The van der Waals surface area contributed by atoms with E-state index in [1.807, 2.05) is 0 Å². The summed E-state index contributed by atoms with van der Waals surface area (Å²) in [5.74, 6) is 0.722. The minimum atomic E-state index is -4.08. The summed E-state index contributed by atoms with van der Waals surface area (Å²) < 4.78 is 45.1. The van der Waals surface area contributed by atoms with Crippen LogP contribution in [0.4, 0.5) is 0 Å². The van der Waals surface area contributed by atoms with Crippen molar-refractivity contribution in [3.05, 3.63) is 24.3 Å². The summed E-state index contributed by atoms with van der Waals surface area (Å²) in [6, 6.07) is 5.89. The summed E-state index contributed by atoms with van der Waals surface area (Å²) in [6.45, 7) is 0.105. The Hall–Kier alpha value is -0.610. The molecule has 108 valence electrons. The lowest BCUT2D eigenvalue weighted by Crippen LogP contribution is -2.23. The summed E-state index contributed by atoms with van der Waals surface area (Å²) >= 11 is 1.48. The molecule has 1 aromatic rings. The van der Waals surface area contributed by atoms with Gasteiger partial charge in [-0.3, -0.25) is 0 Å². The van der Waals surface area contributed by atoms with E-state index in [0.717, 1.165) is 10.6 Å². The molecule has 0 aromatic heterocycles. The van der Waals surface area contributed by atoms with Crippen LogP contribution in [0.25, 0.3) is 0 Å². The lowest BCUT2D eigenvalue weighted by Gasteiger charge is -2.04. The van der Waals surface area contributed by atoms with Crippen molar-refractivity contribution in [1.29, 1.82) is 0 Å². The van der Waals surface area contributed by atoms with Gasteiger partial charge < -0.3 is 5.11 Å². The minimum absolute atomic E-state index is 0.0759. The van der Waals surface area contributed by atoms with Crippen molar-refractivity contribution in [1.82, 2.24) is 0 Å². The number of primary sulfonamides is 1. The van der Waals surface area contributed by atoms with E-state index in [2.05, 4.69) is 0 Å². The fourth-order valence-electron chi connectivity index (χ4n) is 1.28. The first-order valence-electron chi connectivity index (χ1n) is 5.31.